The summed E-state index contributed by atoms with van der Waals surface area (Å²) in [7, 11) is 0. The number of carbonyl (C=O) groups excluding carboxylic acids is 3. The molecule has 0 radical (unpaired) electrons. The standard InChI is InChI=1S/C27H33N3O5/c1-27(2,3)35-26(33)30-15-13-18(14-16-30)19-9-10-21(28-22-11-12-24(31)29-25(22)32)23(17-19)34-20-7-5-4-6-8-20/h4-10,17-18,22,28H,11-16H2,1-3H3,(H,29,31,32). The molecule has 2 fully saturated rings. The monoisotopic (exact) mass is 479 g/mol. The maximum Gasteiger partial charge on any atom is 0.410 e. The molecule has 4 rings (SSSR count). The van der Waals surface area contributed by atoms with Gasteiger partial charge in [0.15, 0.2) is 5.75 Å². The minimum absolute atomic E-state index is 0.248. The number of piperidine rings is 2. The molecular formula is C27H33N3O5. The van der Waals surface area contributed by atoms with Crippen LogP contribution >= 0.6 is 0 Å². The van der Waals surface area contributed by atoms with E-state index in [-0.39, 0.29) is 23.8 Å². The smallest absolute Gasteiger partial charge is 0.410 e. The first-order valence-corrected chi connectivity index (χ1v) is 12.1. The molecule has 3 amide bonds. The number of nitrogens with zero attached hydrogens (tertiary/aromatic N) is 1. The number of likely N-dealkylation sites (tertiary alicyclic amines) is 1. The summed E-state index contributed by atoms with van der Waals surface area (Å²) in [4.78, 5) is 38.0. The van der Waals surface area contributed by atoms with Crippen molar-refractivity contribution in [3.05, 3.63) is 54.1 Å². The van der Waals surface area contributed by atoms with Gasteiger partial charge in [0.05, 0.1) is 5.69 Å². The number of amides is 3. The van der Waals surface area contributed by atoms with Crippen molar-refractivity contribution >= 4 is 23.6 Å². The van der Waals surface area contributed by atoms with Gasteiger partial charge >= 0.3 is 6.09 Å². The Kier molecular flexibility index (Phi) is 7.28. The number of para-hydroxylation sites is 1. The van der Waals surface area contributed by atoms with Crippen molar-refractivity contribution < 1.29 is 23.9 Å². The van der Waals surface area contributed by atoms with Crippen LogP contribution in [0.15, 0.2) is 48.5 Å². The van der Waals surface area contributed by atoms with Crippen molar-refractivity contribution in [2.24, 2.45) is 0 Å². The second-order valence-corrected chi connectivity index (χ2v) is 10.1. The summed E-state index contributed by atoms with van der Waals surface area (Å²) in [6, 6.07) is 15.0. The van der Waals surface area contributed by atoms with Gasteiger partial charge in [-0.3, -0.25) is 14.9 Å². The highest BCUT2D eigenvalue weighted by atomic mass is 16.6. The van der Waals surface area contributed by atoms with Crippen molar-refractivity contribution in [1.29, 1.82) is 0 Å². The van der Waals surface area contributed by atoms with Gasteiger partial charge in [0.25, 0.3) is 0 Å². The van der Waals surface area contributed by atoms with Gasteiger partial charge in [-0.05, 0) is 75.8 Å². The number of benzene rings is 2. The number of carbonyl (C=O) groups is 3. The summed E-state index contributed by atoms with van der Waals surface area (Å²) in [5.74, 6) is 1.01. The van der Waals surface area contributed by atoms with Gasteiger partial charge in [-0.2, -0.15) is 0 Å². The van der Waals surface area contributed by atoms with Crippen LogP contribution in [-0.2, 0) is 14.3 Å². The minimum Gasteiger partial charge on any atom is -0.455 e. The Bertz CT molecular complexity index is 1070. The van der Waals surface area contributed by atoms with Gasteiger partial charge in [-0.1, -0.05) is 24.3 Å². The van der Waals surface area contributed by atoms with E-state index in [1.165, 1.54) is 0 Å². The quantitative estimate of drug-likeness (QED) is 0.598. The summed E-state index contributed by atoms with van der Waals surface area (Å²) in [5, 5.41) is 5.64. The number of imide groups is 1. The van der Waals surface area contributed by atoms with E-state index >= 15 is 0 Å². The van der Waals surface area contributed by atoms with Crippen LogP contribution in [0.1, 0.15) is 57.9 Å². The molecule has 0 bridgehead atoms. The molecule has 0 spiro atoms. The van der Waals surface area contributed by atoms with Crippen LogP contribution in [0, 0.1) is 0 Å². The SMILES string of the molecule is CC(C)(C)OC(=O)N1CCC(c2ccc(NC3CCC(=O)NC3=O)c(Oc3ccccc3)c2)CC1. The zero-order valence-electron chi connectivity index (χ0n) is 20.5. The summed E-state index contributed by atoms with van der Waals surface area (Å²) in [6.45, 7) is 6.87. The zero-order valence-corrected chi connectivity index (χ0v) is 20.5. The normalized spacial score (nSPS) is 19.2. The lowest BCUT2D eigenvalue weighted by Gasteiger charge is -2.34. The number of ether oxygens (including phenoxy) is 2. The molecule has 2 saturated heterocycles. The topological polar surface area (TPSA) is 97.0 Å². The van der Waals surface area contributed by atoms with E-state index in [9.17, 15) is 14.4 Å². The van der Waals surface area contributed by atoms with Crippen LogP contribution in [0.3, 0.4) is 0 Å². The first-order valence-electron chi connectivity index (χ1n) is 12.1. The summed E-state index contributed by atoms with van der Waals surface area (Å²) in [6.07, 6.45) is 2.11. The van der Waals surface area contributed by atoms with Gasteiger partial charge in [0.1, 0.15) is 17.4 Å². The molecule has 0 aromatic heterocycles. The molecule has 186 valence electrons. The Morgan fingerprint density at radius 3 is 2.40 bits per heavy atom. The minimum atomic E-state index is -0.511. The third kappa shape index (κ3) is 6.53. The molecule has 2 aromatic rings. The highest BCUT2D eigenvalue weighted by Gasteiger charge is 2.29. The Morgan fingerprint density at radius 2 is 1.74 bits per heavy atom. The molecule has 2 aromatic carbocycles. The van der Waals surface area contributed by atoms with Crippen molar-refractivity contribution in [2.45, 2.75) is 64.0 Å². The summed E-state index contributed by atoms with van der Waals surface area (Å²) < 4.78 is 11.7. The molecule has 1 unspecified atom stereocenters. The van der Waals surface area contributed by atoms with Gasteiger partial charge < -0.3 is 19.7 Å². The second-order valence-electron chi connectivity index (χ2n) is 10.1. The predicted octanol–water partition coefficient (Wildman–Crippen LogP) is 4.81. The number of hydrogen-bond donors (Lipinski definition) is 2. The number of hydrogen-bond acceptors (Lipinski definition) is 6. The van der Waals surface area contributed by atoms with Gasteiger partial charge in [0, 0.05) is 19.5 Å². The lowest BCUT2D eigenvalue weighted by atomic mass is 9.89. The average molecular weight is 480 g/mol. The van der Waals surface area contributed by atoms with Crippen LogP contribution in [0.25, 0.3) is 0 Å². The number of rotatable bonds is 5. The molecule has 35 heavy (non-hydrogen) atoms. The molecule has 2 heterocycles. The maximum absolute atomic E-state index is 12.4. The summed E-state index contributed by atoms with van der Waals surface area (Å²) in [5.41, 5.74) is 1.30. The molecule has 2 aliphatic rings. The number of anilines is 1. The summed E-state index contributed by atoms with van der Waals surface area (Å²) >= 11 is 0. The first kappa shape index (κ1) is 24.6. The van der Waals surface area contributed by atoms with E-state index in [2.05, 4.69) is 10.6 Å². The van der Waals surface area contributed by atoms with Crippen molar-refractivity contribution in [1.82, 2.24) is 10.2 Å². The van der Waals surface area contributed by atoms with Crippen LogP contribution in [0.5, 0.6) is 11.5 Å². The molecule has 0 saturated carbocycles. The third-order valence-corrected chi connectivity index (χ3v) is 6.16. The van der Waals surface area contributed by atoms with E-state index in [0.717, 1.165) is 18.4 Å². The molecule has 8 nitrogen and oxygen atoms in total. The van der Waals surface area contributed by atoms with Crippen molar-refractivity contribution in [3.8, 4) is 11.5 Å². The molecule has 1 atom stereocenters. The van der Waals surface area contributed by atoms with Gasteiger partial charge in [-0.25, -0.2) is 4.79 Å². The first-order chi connectivity index (χ1) is 16.7. The van der Waals surface area contributed by atoms with Crippen LogP contribution < -0.4 is 15.4 Å². The second kappa shape index (κ2) is 10.4. The lowest BCUT2D eigenvalue weighted by molar-refractivity contribution is -0.133. The van der Waals surface area contributed by atoms with E-state index < -0.39 is 11.6 Å². The average Bonchev–Trinajstić information content (AvgIpc) is 2.81. The van der Waals surface area contributed by atoms with E-state index in [1.54, 1.807) is 4.90 Å². The van der Waals surface area contributed by atoms with Gasteiger partial charge in [-0.15, -0.1) is 0 Å². The Hall–Kier alpha value is -3.55. The molecule has 0 aliphatic carbocycles. The Morgan fingerprint density at radius 1 is 1.03 bits per heavy atom. The Balaban J connectivity index is 1.50. The third-order valence-electron chi connectivity index (χ3n) is 6.16. The lowest BCUT2D eigenvalue weighted by Crippen LogP contribution is -2.47. The van der Waals surface area contributed by atoms with E-state index in [4.69, 9.17) is 9.47 Å². The zero-order chi connectivity index (χ0) is 25.0. The molecule has 2 N–H and O–H groups in total. The van der Waals surface area contributed by atoms with Crippen molar-refractivity contribution in [2.75, 3.05) is 18.4 Å². The molecular weight excluding hydrogens is 446 g/mol. The van der Waals surface area contributed by atoms with Crippen molar-refractivity contribution in [3.63, 3.8) is 0 Å². The Labute approximate surface area is 206 Å². The highest BCUT2D eigenvalue weighted by molar-refractivity contribution is 6.01. The van der Waals surface area contributed by atoms with Crippen LogP contribution in [0.4, 0.5) is 10.5 Å². The largest absolute Gasteiger partial charge is 0.455 e. The molecule has 8 heteroatoms. The fourth-order valence-corrected chi connectivity index (χ4v) is 4.35. The fourth-order valence-electron chi connectivity index (χ4n) is 4.35. The van der Waals surface area contributed by atoms with E-state index in [1.807, 2.05) is 69.3 Å². The predicted molar refractivity (Wildman–Crippen MR) is 133 cm³/mol. The highest BCUT2D eigenvalue weighted by Crippen LogP contribution is 2.37. The molecule has 2 aliphatic heterocycles. The van der Waals surface area contributed by atoms with Crippen LogP contribution in [0.2, 0.25) is 0 Å². The fraction of sp³-hybridized carbons (Fsp3) is 0.444. The van der Waals surface area contributed by atoms with E-state index in [0.29, 0.717) is 43.1 Å². The van der Waals surface area contributed by atoms with Crippen LogP contribution in [-0.4, -0.2) is 47.5 Å². The maximum atomic E-state index is 12.4. The number of nitrogens with one attached hydrogen (secondary N) is 2. The van der Waals surface area contributed by atoms with Gasteiger partial charge in [0.2, 0.25) is 11.8 Å².